The van der Waals surface area contributed by atoms with Crippen LogP contribution < -0.4 is 5.32 Å². The number of nitrogens with one attached hydrogen (secondary N) is 1. The third kappa shape index (κ3) is 5.21. The number of hydrogen-bond acceptors (Lipinski definition) is 4. The zero-order valence-corrected chi connectivity index (χ0v) is 10.7. The highest BCUT2D eigenvalue weighted by Crippen LogP contribution is 2.12. The lowest BCUT2D eigenvalue weighted by Crippen LogP contribution is -2.27. The van der Waals surface area contributed by atoms with Crippen LogP contribution in [-0.2, 0) is 9.47 Å². The predicted octanol–water partition coefficient (Wildman–Crippen LogP) is 1.37. The van der Waals surface area contributed by atoms with Crippen LogP contribution in [-0.4, -0.2) is 39.4 Å². The quantitative estimate of drug-likeness (QED) is 0.571. The Morgan fingerprint density at radius 1 is 1.29 bits per heavy atom. The molecule has 0 atom stereocenters. The van der Waals surface area contributed by atoms with Gasteiger partial charge in [0.05, 0.1) is 25.4 Å². The fraction of sp³-hybridized carbons (Fsp3) is 0.417. The Morgan fingerprint density at radius 2 is 2.06 bits per heavy atom. The maximum Gasteiger partial charge on any atom is 0.252 e. The van der Waals surface area contributed by atoms with Crippen LogP contribution in [0.25, 0.3) is 0 Å². The van der Waals surface area contributed by atoms with Gasteiger partial charge in [0, 0.05) is 18.6 Å². The number of ether oxygens (including phenoxy) is 2. The summed E-state index contributed by atoms with van der Waals surface area (Å²) in [6, 6.07) is 7.17. The molecule has 1 rings (SSSR count). The maximum absolute atomic E-state index is 11.7. The normalized spacial score (nSPS) is 10.2. The largest absolute Gasteiger partial charge is 0.382 e. The Morgan fingerprint density at radius 3 is 2.76 bits per heavy atom. The van der Waals surface area contributed by atoms with Gasteiger partial charge in [-0.3, -0.25) is 4.79 Å². The molecule has 0 saturated carbocycles. The number of thiol groups is 1. The second-order valence-corrected chi connectivity index (χ2v) is 3.86. The van der Waals surface area contributed by atoms with E-state index in [2.05, 4.69) is 17.9 Å². The van der Waals surface area contributed by atoms with Crippen molar-refractivity contribution < 1.29 is 14.3 Å². The average Bonchev–Trinajstić information content (AvgIpc) is 2.34. The number of rotatable bonds is 7. The molecule has 1 aromatic rings. The van der Waals surface area contributed by atoms with E-state index in [1.807, 2.05) is 12.1 Å². The molecular formula is C12H17NO3S. The molecule has 17 heavy (non-hydrogen) atoms. The summed E-state index contributed by atoms with van der Waals surface area (Å²) in [5.41, 5.74) is 0.577. The van der Waals surface area contributed by atoms with Gasteiger partial charge < -0.3 is 14.8 Å². The summed E-state index contributed by atoms with van der Waals surface area (Å²) in [5.74, 6) is -0.133. The van der Waals surface area contributed by atoms with Crippen molar-refractivity contribution in [2.45, 2.75) is 4.90 Å². The third-order valence-corrected chi connectivity index (χ3v) is 2.50. The number of carbonyl (C=O) groups excluding carboxylic acids is 1. The zero-order chi connectivity index (χ0) is 12.5. The Labute approximate surface area is 107 Å². The van der Waals surface area contributed by atoms with Gasteiger partial charge in [0.25, 0.3) is 5.91 Å². The number of benzene rings is 1. The molecule has 0 heterocycles. The van der Waals surface area contributed by atoms with Crippen LogP contribution in [0.4, 0.5) is 0 Å². The third-order valence-electron chi connectivity index (χ3n) is 2.11. The lowest BCUT2D eigenvalue weighted by Gasteiger charge is -2.07. The molecule has 4 nitrogen and oxygen atoms in total. The molecule has 0 aliphatic carbocycles. The number of amides is 1. The van der Waals surface area contributed by atoms with Gasteiger partial charge in [0.1, 0.15) is 0 Å². The van der Waals surface area contributed by atoms with E-state index in [1.54, 1.807) is 19.2 Å². The van der Waals surface area contributed by atoms with Crippen LogP contribution >= 0.6 is 12.6 Å². The summed E-state index contributed by atoms with van der Waals surface area (Å²) >= 11 is 4.22. The summed E-state index contributed by atoms with van der Waals surface area (Å²) < 4.78 is 10.1. The first-order valence-corrected chi connectivity index (χ1v) is 5.83. The van der Waals surface area contributed by atoms with Crippen molar-refractivity contribution in [3.8, 4) is 0 Å². The monoisotopic (exact) mass is 255 g/mol. The van der Waals surface area contributed by atoms with E-state index < -0.39 is 0 Å². The van der Waals surface area contributed by atoms with E-state index in [9.17, 15) is 4.79 Å². The zero-order valence-electron chi connectivity index (χ0n) is 9.81. The van der Waals surface area contributed by atoms with Crippen LogP contribution in [0, 0.1) is 0 Å². The first-order valence-electron chi connectivity index (χ1n) is 5.38. The molecule has 1 aromatic carbocycles. The van der Waals surface area contributed by atoms with Gasteiger partial charge in [-0.2, -0.15) is 0 Å². The highest BCUT2D eigenvalue weighted by Gasteiger charge is 2.07. The number of carbonyl (C=O) groups is 1. The van der Waals surface area contributed by atoms with E-state index in [4.69, 9.17) is 9.47 Å². The van der Waals surface area contributed by atoms with E-state index in [0.29, 0.717) is 36.8 Å². The van der Waals surface area contributed by atoms with Crippen molar-refractivity contribution in [1.82, 2.24) is 5.32 Å². The van der Waals surface area contributed by atoms with Gasteiger partial charge in [-0.05, 0) is 12.1 Å². The minimum Gasteiger partial charge on any atom is -0.382 e. The fourth-order valence-corrected chi connectivity index (χ4v) is 1.50. The molecule has 1 N–H and O–H groups in total. The second kappa shape index (κ2) is 8.11. The Hall–Kier alpha value is -1.04. The topological polar surface area (TPSA) is 47.6 Å². The molecular weight excluding hydrogens is 238 g/mol. The molecule has 0 unspecified atom stereocenters. The lowest BCUT2D eigenvalue weighted by molar-refractivity contribution is 0.0692. The molecule has 94 valence electrons. The van der Waals surface area contributed by atoms with Gasteiger partial charge in [-0.25, -0.2) is 0 Å². The fourth-order valence-electron chi connectivity index (χ4n) is 1.24. The number of hydrogen-bond donors (Lipinski definition) is 2. The van der Waals surface area contributed by atoms with Crippen molar-refractivity contribution in [3.05, 3.63) is 29.8 Å². The van der Waals surface area contributed by atoms with Crippen molar-refractivity contribution >= 4 is 18.5 Å². The molecule has 0 aromatic heterocycles. The van der Waals surface area contributed by atoms with Crippen molar-refractivity contribution in [2.75, 3.05) is 33.5 Å². The molecule has 5 heteroatoms. The standard InChI is InChI=1S/C12H17NO3S/c1-15-8-9-16-7-6-13-12(14)10-4-2-3-5-11(10)17/h2-5,17H,6-9H2,1H3,(H,13,14). The molecule has 0 spiro atoms. The SMILES string of the molecule is COCCOCCNC(=O)c1ccccc1S. The van der Waals surface area contributed by atoms with Crippen LogP contribution in [0.2, 0.25) is 0 Å². The molecule has 0 saturated heterocycles. The summed E-state index contributed by atoms with van der Waals surface area (Å²) in [6.07, 6.45) is 0. The van der Waals surface area contributed by atoms with Gasteiger partial charge in [0.15, 0.2) is 0 Å². The number of methoxy groups -OCH3 is 1. The highest BCUT2D eigenvalue weighted by molar-refractivity contribution is 7.80. The van der Waals surface area contributed by atoms with Crippen molar-refractivity contribution in [1.29, 1.82) is 0 Å². The Balaban J connectivity index is 2.24. The minimum absolute atomic E-state index is 0.133. The molecule has 0 aliphatic heterocycles. The van der Waals surface area contributed by atoms with Gasteiger partial charge in [0.2, 0.25) is 0 Å². The van der Waals surface area contributed by atoms with E-state index in [1.165, 1.54) is 0 Å². The second-order valence-electron chi connectivity index (χ2n) is 3.38. The minimum atomic E-state index is -0.133. The molecule has 0 radical (unpaired) electrons. The highest BCUT2D eigenvalue weighted by atomic mass is 32.1. The lowest BCUT2D eigenvalue weighted by atomic mass is 10.2. The predicted molar refractivity (Wildman–Crippen MR) is 68.7 cm³/mol. The summed E-state index contributed by atoms with van der Waals surface area (Å²) in [7, 11) is 1.62. The van der Waals surface area contributed by atoms with E-state index in [0.717, 1.165) is 0 Å². The van der Waals surface area contributed by atoms with Crippen molar-refractivity contribution in [3.63, 3.8) is 0 Å². The maximum atomic E-state index is 11.7. The molecule has 1 amide bonds. The Kier molecular flexibility index (Phi) is 6.69. The molecule has 0 aliphatic rings. The van der Waals surface area contributed by atoms with Gasteiger partial charge in [-0.1, -0.05) is 12.1 Å². The van der Waals surface area contributed by atoms with Crippen LogP contribution in [0.5, 0.6) is 0 Å². The van der Waals surface area contributed by atoms with Crippen LogP contribution in [0.15, 0.2) is 29.2 Å². The molecule has 0 bridgehead atoms. The summed E-state index contributed by atoms with van der Waals surface area (Å²) in [4.78, 5) is 12.4. The summed E-state index contributed by atoms with van der Waals surface area (Å²) in [6.45, 7) is 2.05. The first-order chi connectivity index (χ1) is 8.25. The smallest absolute Gasteiger partial charge is 0.252 e. The van der Waals surface area contributed by atoms with Gasteiger partial charge >= 0.3 is 0 Å². The van der Waals surface area contributed by atoms with Crippen molar-refractivity contribution in [2.24, 2.45) is 0 Å². The van der Waals surface area contributed by atoms with Gasteiger partial charge in [-0.15, -0.1) is 12.6 Å². The van der Waals surface area contributed by atoms with Crippen LogP contribution in [0.1, 0.15) is 10.4 Å². The summed E-state index contributed by atoms with van der Waals surface area (Å²) in [5, 5.41) is 2.76. The Bertz CT molecular complexity index is 357. The first kappa shape index (κ1) is 14.0. The molecule has 0 fully saturated rings. The van der Waals surface area contributed by atoms with E-state index >= 15 is 0 Å². The van der Waals surface area contributed by atoms with E-state index in [-0.39, 0.29) is 5.91 Å². The average molecular weight is 255 g/mol. The van der Waals surface area contributed by atoms with Crippen LogP contribution in [0.3, 0.4) is 0 Å².